The molecule has 1 aromatic rings. The molecule has 0 spiro atoms. The monoisotopic (exact) mass is 463 g/mol. The SMILES string of the molecule is CC[C@H]1CN2[C@@H](CN(CC(C)C)C(=O)[C@@H]2Cc2ccc(Cl)cc2)CN1C(=O)OC(C)(C)C. The lowest BCUT2D eigenvalue weighted by Gasteiger charge is -2.53. The molecule has 32 heavy (non-hydrogen) atoms. The number of piperazine rings is 2. The normalized spacial score (nSPS) is 24.6. The zero-order valence-electron chi connectivity index (χ0n) is 20.3. The highest BCUT2D eigenvalue weighted by Crippen LogP contribution is 2.29. The average Bonchev–Trinajstić information content (AvgIpc) is 2.70. The summed E-state index contributed by atoms with van der Waals surface area (Å²) in [6.07, 6.45) is 1.20. The number of rotatable bonds is 5. The number of benzene rings is 1. The van der Waals surface area contributed by atoms with Gasteiger partial charge in [0.15, 0.2) is 0 Å². The Labute approximate surface area is 197 Å². The van der Waals surface area contributed by atoms with Crippen LogP contribution in [0.2, 0.25) is 5.02 Å². The number of carbonyl (C=O) groups is 2. The van der Waals surface area contributed by atoms with E-state index in [9.17, 15) is 9.59 Å². The van der Waals surface area contributed by atoms with E-state index in [1.165, 1.54) is 0 Å². The molecule has 0 radical (unpaired) electrons. The molecule has 3 atom stereocenters. The quantitative estimate of drug-likeness (QED) is 0.647. The number of nitrogens with zero attached hydrogens (tertiary/aromatic N) is 3. The fraction of sp³-hybridized carbons (Fsp3) is 0.680. The molecule has 0 saturated carbocycles. The number of carbonyl (C=O) groups excluding carboxylic acids is 2. The molecule has 0 aromatic heterocycles. The van der Waals surface area contributed by atoms with Crippen LogP contribution in [0.15, 0.2) is 24.3 Å². The van der Waals surface area contributed by atoms with Crippen LogP contribution in [-0.2, 0) is 16.0 Å². The molecule has 2 fully saturated rings. The molecule has 7 heteroatoms. The molecule has 2 heterocycles. The van der Waals surface area contributed by atoms with Gasteiger partial charge in [0.05, 0.1) is 6.04 Å². The Kier molecular flexibility index (Phi) is 7.77. The van der Waals surface area contributed by atoms with E-state index in [0.717, 1.165) is 18.5 Å². The van der Waals surface area contributed by atoms with Crippen molar-refractivity contribution in [3.05, 3.63) is 34.9 Å². The fourth-order valence-corrected chi connectivity index (χ4v) is 4.89. The van der Waals surface area contributed by atoms with Crippen molar-refractivity contribution in [3.8, 4) is 0 Å². The summed E-state index contributed by atoms with van der Waals surface area (Å²) in [7, 11) is 0. The lowest BCUT2D eigenvalue weighted by atomic mass is 9.93. The number of amides is 2. The zero-order chi connectivity index (χ0) is 23.6. The summed E-state index contributed by atoms with van der Waals surface area (Å²) >= 11 is 6.07. The van der Waals surface area contributed by atoms with E-state index in [0.29, 0.717) is 37.0 Å². The van der Waals surface area contributed by atoms with Crippen LogP contribution in [-0.4, -0.2) is 76.6 Å². The molecule has 2 aliphatic heterocycles. The van der Waals surface area contributed by atoms with Crippen molar-refractivity contribution in [1.29, 1.82) is 0 Å². The second-order valence-electron chi connectivity index (χ2n) is 10.5. The Hall–Kier alpha value is -1.79. The fourth-order valence-electron chi connectivity index (χ4n) is 4.76. The van der Waals surface area contributed by atoms with Gasteiger partial charge in [0.1, 0.15) is 5.60 Å². The third-order valence-electron chi connectivity index (χ3n) is 6.19. The summed E-state index contributed by atoms with van der Waals surface area (Å²) in [5, 5.41) is 0.694. The van der Waals surface area contributed by atoms with E-state index in [4.69, 9.17) is 16.3 Å². The first-order valence-corrected chi connectivity index (χ1v) is 12.1. The van der Waals surface area contributed by atoms with Crippen molar-refractivity contribution in [3.63, 3.8) is 0 Å². The maximum Gasteiger partial charge on any atom is 0.410 e. The molecule has 3 rings (SSSR count). The first kappa shape index (κ1) is 24.8. The standard InChI is InChI=1S/C25H38ClN3O3/c1-7-20-15-28-21(16-29(20)24(31)32-25(4,5)6)14-27(13-17(2)3)23(30)22(28)12-18-8-10-19(26)11-9-18/h8-11,17,20-22H,7,12-16H2,1-6H3/t20-,21-,22-/m0/s1. The Morgan fingerprint density at radius 1 is 1.16 bits per heavy atom. The lowest BCUT2D eigenvalue weighted by Crippen LogP contribution is -2.71. The third kappa shape index (κ3) is 5.96. The van der Waals surface area contributed by atoms with Gasteiger partial charge in [-0.3, -0.25) is 9.69 Å². The van der Waals surface area contributed by atoms with Gasteiger partial charge in [0.2, 0.25) is 5.91 Å². The number of fused-ring (bicyclic) bond motifs is 1. The molecule has 6 nitrogen and oxygen atoms in total. The van der Waals surface area contributed by atoms with Crippen LogP contribution in [0.25, 0.3) is 0 Å². The van der Waals surface area contributed by atoms with Crippen LogP contribution in [0.4, 0.5) is 4.79 Å². The molecule has 0 N–H and O–H groups in total. The second-order valence-corrected chi connectivity index (χ2v) is 11.0. The van der Waals surface area contributed by atoms with Gasteiger partial charge in [0, 0.05) is 43.3 Å². The summed E-state index contributed by atoms with van der Waals surface area (Å²) in [4.78, 5) is 32.7. The van der Waals surface area contributed by atoms with Gasteiger partial charge < -0.3 is 14.5 Å². The van der Waals surface area contributed by atoms with Crippen molar-refractivity contribution >= 4 is 23.6 Å². The summed E-state index contributed by atoms with van der Waals surface area (Å²) < 4.78 is 5.71. The smallest absolute Gasteiger partial charge is 0.410 e. The van der Waals surface area contributed by atoms with Crippen molar-refractivity contribution in [2.75, 3.05) is 26.2 Å². The van der Waals surface area contributed by atoms with E-state index in [2.05, 4.69) is 25.7 Å². The van der Waals surface area contributed by atoms with Crippen molar-refractivity contribution in [2.45, 2.75) is 78.1 Å². The Morgan fingerprint density at radius 3 is 2.38 bits per heavy atom. The molecule has 0 unspecified atom stereocenters. The topological polar surface area (TPSA) is 53.1 Å². The van der Waals surface area contributed by atoms with Gasteiger partial charge >= 0.3 is 6.09 Å². The van der Waals surface area contributed by atoms with Gasteiger partial charge in [-0.2, -0.15) is 0 Å². The zero-order valence-corrected chi connectivity index (χ0v) is 21.1. The van der Waals surface area contributed by atoms with E-state index in [1.807, 2.05) is 54.8 Å². The number of hydrogen-bond donors (Lipinski definition) is 0. The van der Waals surface area contributed by atoms with Crippen LogP contribution in [0, 0.1) is 5.92 Å². The number of halogens is 1. The predicted molar refractivity (Wildman–Crippen MR) is 128 cm³/mol. The highest BCUT2D eigenvalue weighted by atomic mass is 35.5. The van der Waals surface area contributed by atoms with Crippen molar-refractivity contribution in [2.24, 2.45) is 5.92 Å². The Morgan fingerprint density at radius 2 is 1.81 bits per heavy atom. The molecule has 178 valence electrons. The molecule has 1 aromatic carbocycles. The van der Waals surface area contributed by atoms with Crippen LogP contribution < -0.4 is 0 Å². The van der Waals surface area contributed by atoms with E-state index >= 15 is 0 Å². The molecular formula is C25H38ClN3O3. The molecule has 2 saturated heterocycles. The summed E-state index contributed by atoms with van der Waals surface area (Å²) in [6.45, 7) is 14.7. The minimum atomic E-state index is -0.532. The highest BCUT2D eigenvalue weighted by Gasteiger charge is 2.47. The van der Waals surface area contributed by atoms with Crippen molar-refractivity contribution in [1.82, 2.24) is 14.7 Å². The second kappa shape index (κ2) is 10.0. The third-order valence-corrected chi connectivity index (χ3v) is 6.45. The summed E-state index contributed by atoms with van der Waals surface area (Å²) in [5.74, 6) is 0.570. The molecular weight excluding hydrogens is 426 g/mol. The maximum atomic E-state index is 13.5. The first-order chi connectivity index (χ1) is 15.0. The van der Waals surface area contributed by atoms with E-state index < -0.39 is 5.60 Å². The molecule has 2 amide bonds. The minimum absolute atomic E-state index is 0.0262. The van der Waals surface area contributed by atoms with E-state index in [1.54, 1.807) is 0 Å². The van der Waals surface area contributed by atoms with Gasteiger partial charge in [0.25, 0.3) is 0 Å². The van der Waals surface area contributed by atoms with Crippen LogP contribution in [0.3, 0.4) is 0 Å². The largest absolute Gasteiger partial charge is 0.444 e. The van der Waals surface area contributed by atoms with Gasteiger partial charge in [-0.1, -0.05) is 44.5 Å². The minimum Gasteiger partial charge on any atom is -0.444 e. The molecule has 2 aliphatic rings. The number of ether oxygens (including phenoxy) is 1. The summed E-state index contributed by atoms with van der Waals surface area (Å²) in [5.41, 5.74) is 0.566. The van der Waals surface area contributed by atoms with Crippen molar-refractivity contribution < 1.29 is 14.3 Å². The van der Waals surface area contributed by atoms with Gasteiger partial charge in [-0.05, 0) is 57.2 Å². The Bertz CT molecular complexity index is 806. The van der Waals surface area contributed by atoms with Crippen LogP contribution >= 0.6 is 11.6 Å². The predicted octanol–water partition coefficient (Wildman–Crippen LogP) is 4.45. The Balaban J connectivity index is 1.86. The molecule has 0 aliphatic carbocycles. The highest BCUT2D eigenvalue weighted by molar-refractivity contribution is 6.30. The number of hydrogen-bond acceptors (Lipinski definition) is 4. The average molecular weight is 464 g/mol. The van der Waals surface area contributed by atoms with Gasteiger partial charge in [-0.25, -0.2) is 4.79 Å². The van der Waals surface area contributed by atoms with Gasteiger partial charge in [-0.15, -0.1) is 0 Å². The van der Waals surface area contributed by atoms with Crippen LogP contribution in [0.5, 0.6) is 0 Å². The van der Waals surface area contributed by atoms with E-state index in [-0.39, 0.29) is 30.1 Å². The maximum absolute atomic E-state index is 13.5. The molecule has 0 bridgehead atoms. The first-order valence-electron chi connectivity index (χ1n) is 11.8. The lowest BCUT2D eigenvalue weighted by molar-refractivity contribution is -0.150. The summed E-state index contributed by atoms with van der Waals surface area (Å²) in [6, 6.07) is 7.65. The van der Waals surface area contributed by atoms with Crippen LogP contribution in [0.1, 0.15) is 53.5 Å².